The maximum absolute atomic E-state index is 6.28. The Morgan fingerprint density at radius 2 is 1.80 bits per heavy atom. The minimum atomic E-state index is 0.658. The number of fused-ring (bicyclic) bond motifs is 1. The number of halogens is 1. The highest BCUT2D eigenvalue weighted by Crippen LogP contribution is 2.33. The van der Waals surface area contributed by atoms with Crippen LogP contribution in [0.2, 0.25) is 5.02 Å². The molecule has 4 aromatic rings. The minimum Gasteiger partial charge on any atom is -0.365 e. The lowest BCUT2D eigenvalue weighted by atomic mass is 10.1. The number of benzene rings is 2. The van der Waals surface area contributed by atoms with E-state index in [0.717, 1.165) is 21.6 Å². The number of hydrogen-bond donors (Lipinski definition) is 1. The number of anilines is 1. The molecule has 0 aliphatic carbocycles. The molecule has 0 saturated heterocycles. The Kier molecular flexibility index (Phi) is 4.38. The van der Waals surface area contributed by atoms with E-state index in [0.29, 0.717) is 17.4 Å². The van der Waals surface area contributed by atoms with Gasteiger partial charge in [-0.25, -0.2) is 9.97 Å². The number of nitrogens with one attached hydrogen (secondary N) is 1. The largest absolute Gasteiger partial charge is 0.365 e. The van der Waals surface area contributed by atoms with E-state index in [4.69, 9.17) is 16.6 Å². The van der Waals surface area contributed by atoms with E-state index in [1.807, 2.05) is 35.7 Å². The molecule has 25 heavy (non-hydrogen) atoms. The SMILES string of the molecule is Cc1ccc(CNc2nc(-c3sccc3Cl)nc3ccccc23)cc1. The number of aromatic nitrogens is 2. The summed E-state index contributed by atoms with van der Waals surface area (Å²) in [6.07, 6.45) is 0. The lowest BCUT2D eigenvalue weighted by Crippen LogP contribution is -2.04. The van der Waals surface area contributed by atoms with E-state index in [9.17, 15) is 0 Å². The van der Waals surface area contributed by atoms with E-state index >= 15 is 0 Å². The van der Waals surface area contributed by atoms with Gasteiger partial charge in [0.05, 0.1) is 15.4 Å². The van der Waals surface area contributed by atoms with Crippen LogP contribution in [0, 0.1) is 6.92 Å². The molecule has 5 heteroatoms. The first-order valence-corrected chi connectivity index (χ1v) is 9.26. The summed E-state index contributed by atoms with van der Waals surface area (Å²) >= 11 is 7.83. The van der Waals surface area contributed by atoms with Crippen molar-refractivity contribution in [1.29, 1.82) is 0 Å². The first-order chi connectivity index (χ1) is 12.2. The van der Waals surface area contributed by atoms with E-state index in [1.54, 1.807) is 11.3 Å². The molecule has 0 radical (unpaired) electrons. The third-order valence-electron chi connectivity index (χ3n) is 4.00. The van der Waals surface area contributed by atoms with Gasteiger partial charge >= 0.3 is 0 Å². The third kappa shape index (κ3) is 3.36. The van der Waals surface area contributed by atoms with Gasteiger partial charge in [0.25, 0.3) is 0 Å². The van der Waals surface area contributed by atoms with Crippen molar-refractivity contribution in [1.82, 2.24) is 9.97 Å². The molecule has 0 aliphatic heterocycles. The second-order valence-electron chi connectivity index (χ2n) is 5.85. The molecule has 0 unspecified atom stereocenters. The van der Waals surface area contributed by atoms with Crippen LogP contribution in [0.25, 0.3) is 21.6 Å². The molecule has 1 N–H and O–H groups in total. The standard InChI is InChI=1S/C20H16ClN3S/c1-13-6-8-14(9-7-13)12-22-19-15-4-2-3-5-17(15)23-20(24-19)18-16(21)10-11-25-18/h2-11H,12H2,1H3,(H,22,23,24). The van der Waals surface area contributed by atoms with Gasteiger partial charge in [0, 0.05) is 11.9 Å². The number of aryl methyl sites for hydroxylation is 1. The first-order valence-electron chi connectivity index (χ1n) is 8.00. The summed E-state index contributed by atoms with van der Waals surface area (Å²) in [6, 6.07) is 18.4. The zero-order chi connectivity index (χ0) is 17.2. The zero-order valence-electron chi connectivity index (χ0n) is 13.7. The number of nitrogens with zero attached hydrogens (tertiary/aromatic N) is 2. The van der Waals surface area contributed by atoms with Crippen LogP contribution in [0.5, 0.6) is 0 Å². The third-order valence-corrected chi connectivity index (χ3v) is 5.34. The number of hydrogen-bond acceptors (Lipinski definition) is 4. The summed E-state index contributed by atoms with van der Waals surface area (Å²) in [5.74, 6) is 1.48. The molecular formula is C20H16ClN3S. The van der Waals surface area contributed by atoms with Crippen molar-refractivity contribution in [2.75, 3.05) is 5.32 Å². The Morgan fingerprint density at radius 1 is 1.00 bits per heavy atom. The van der Waals surface area contributed by atoms with Gasteiger partial charge in [-0.15, -0.1) is 11.3 Å². The summed E-state index contributed by atoms with van der Waals surface area (Å²) in [5, 5.41) is 7.10. The monoisotopic (exact) mass is 365 g/mol. The molecule has 0 atom stereocenters. The van der Waals surface area contributed by atoms with E-state index < -0.39 is 0 Å². The topological polar surface area (TPSA) is 37.8 Å². The van der Waals surface area contributed by atoms with Gasteiger partial charge in [-0.3, -0.25) is 0 Å². The van der Waals surface area contributed by atoms with Crippen molar-refractivity contribution in [3.63, 3.8) is 0 Å². The molecule has 0 aliphatic rings. The molecule has 2 heterocycles. The molecule has 2 aromatic heterocycles. The summed E-state index contributed by atoms with van der Waals surface area (Å²) in [5.41, 5.74) is 3.37. The van der Waals surface area contributed by atoms with Gasteiger partial charge in [-0.2, -0.15) is 0 Å². The van der Waals surface area contributed by atoms with Crippen LogP contribution in [0.1, 0.15) is 11.1 Å². The Morgan fingerprint density at radius 3 is 2.56 bits per heavy atom. The van der Waals surface area contributed by atoms with Gasteiger partial charge in [0.1, 0.15) is 5.82 Å². The van der Waals surface area contributed by atoms with Gasteiger partial charge < -0.3 is 5.32 Å². The highest BCUT2D eigenvalue weighted by atomic mass is 35.5. The fraction of sp³-hybridized carbons (Fsp3) is 0.100. The average molecular weight is 366 g/mol. The second-order valence-corrected chi connectivity index (χ2v) is 7.17. The number of thiophene rings is 1. The van der Waals surface area contributed by atoms with Gasteiger partial charge in [0.15, 0.2) is 5.82 Å². The van der Waals surface area contributed by atoms with Gasteiger partial charge in [0.2, 0.25) is 0 Å². The van der Waals surface area contributed by atoms with Gasteiger partial charge in [-0.1, -0.05) is 53.6 Å². The number of para-hydroxylation sites is 1. The first kappa shape index (κ1) is 16.1. The van der Waals surface area contributed by atoms with Crippen molar-refractivity contribution in [3.05, 3.63) is 76.1 Å². The average Bonchev–Trinajstić information content (AvgIpc) is 3.07. The molecule has 0 bridgehead atoms. The number of rotatable bonds is 4. The molecular weight excluding hydrogens is 350 g/mol. The Hall–Kier alpha value is -2.43. The lowest BCUT2D eigenvalue weighted by Gasteiger charge is -2.11. The van der Waals surface area contributed by atoms with Crippen molar-refractivity contribution in [3.8, 4) is 10.7 Å². The van der Waals surface area contributed by atoms with E-state index in [2.05, 4.69) is 41.5 Å². The quantitative estimate of drug-likeness (QED) is 0.487. The predicted octanol–water partition coefficient (Wildman–Crippen LogP) is 5.93. The molecule has 0 spiro atoms. The smallest absolute Gasteiger partial charge is 0.173 e. The summed E-state index contributed by atoms with van der Waals surface area (Å²) < 4.78 is 0. The summed E-state index contributed by atoms with van der Waals surface area (Å²) in [6.45, 7) is 2.80. The second kappa shape index (κ2) is 6.82. The van der Waals surface area contributed by atoms with Crippen LogP contribution in [0.3, 0.4) is 0 Å². The zero-order valence-corrected chi connectivity index (χ0v) is 15.2. The van der Waals surface area contributed by atoms with Gasteiger partial charge in [-0.05, 0) is 36.1 Å². The highest BCUT2D eigenvalue weighted by molar-refractivity contribution is 7.14. The normalized spacial score (nSPS) is 11.0. The van der Waals surface area contributed by atoms with Crippen LogP contribution in [0.4, 0.5) is 5.82 Å². The van der Waals surface area contributed by atoms with Crippen molar-refractivity contribution >= 4 is 39.7 Å². The Balaban J connectivity index is 1.73. The van der Waals surface area contributed by atoms with E-state index in [1.165, 1.54) is 11.1 Å². The molecule has 3 nitrogen and oxygen atoms in total. The molecule has 4 rings (SSSR count). The maximum Gasteiger partial charge on any atom is 0.173 e. The van der Waals surface area contributed by atoms with Crippen molar-refractivity contribution in [2.24, 2.45) is 0 Å². The summed E-state index contributed by atoms with van der Waals surface area (Å²) in [7, 11) is 0. The van der Waals surface area contributed by atoms with Crippen molar-refractivity contribution < 1.29 is 0 Å². The van der Waals surface area contributed by atoms with E-state index in [-0.39, 0.29) is 0 Å². The van der Waals surface area contributed by atoms with Crippen LogP contribution < -0.4 is 5.32 Å². The molecule has 0 amide bonds. The highest BCUT2D eigenvalue weighted by Gasteiger charge is 2.12. The maximum atomic E-state index is 6.28. The summed E-state index contributed by atoms with van der Waals surface area (Å²) in [4.78, 5) is 10.3. The Bertz CT molecular complexity index is 1020. The molecule has 2 aromatic carbocycles. The lowest BCUT2D eigenvalue weighted by molar-refractivity contribution is 1.11. The molecule has 0 saturated carbocycles. The van der Waals surface area contributed by atoms with Crippen molar-refractivity contribution in [2.45, 2.75) is 13.5 Å². The molecule has 124 valence electrons. The van der Waals surface area contributed by atoms with Crippen LogP contribution in [-0.2, 0) is 6.54 Å². The van der Waals surface area contributed by atoms with Crippen LogP contribution in [-0.4, -0.2) is 9.97 Å². The van der Waals surface area contributed by atoms with Crippen LogP contribution in [0.15, 0.2) is 60.0 Å². The molecule has 0 fully saturated rings. The minimum absolute atomic E-state index is 0.658. The Labute approximate surface area is 155 Å². The fourth-order valence-electron chi connectivity index (χ4n) is 2.66. The fourth-order valence-corrected chi connectivity index (χ4v) is 3.73. The predicted molar refractivity (Wildman–Crippen MR) is 106 cm³/mol. The van der Waals surface area contributed by atoms with Crippen LogP contribution >= 0.6 is 22.9 Å².